The number of fused-ring (bicyclic) bond motifs is 1. The summed E-state index contributed by atoms with van der Waals surface area (Å²) in [4.78, 5) is 19.4. The molecule has 0 aliphatic heterocycles. The molecule has 25 heavy (non-hydrogen) atoms. The molecule has 0 aliphatic rings. The summed E-state index contributed by atoms with van der Waals surface area (Å²) in [7, 11) is 0. The van der Waals surface area contributed by atoms with Gasteiger partial charge < -0.3 is 5.32 Å². The van der Waals surface area contributed by atoms with Crippen molar-refractivity contribution in [2.45, 2.75) is 0 Å². The lowest BCUT2D eigenvalue weighted by Gasteiger charge is -2.08. The number of non-ortho nitro benzene ring substituents is 1. The van der Waals surface area contributed by atoms with Crippen molar-refractivity contribution in [3.05, 3.63) is 83.2 Å². The van der Waals surface area contributed by atoms with E-state index in [0.29, 0.717) is 11.5 Å². The van der Waals surface area contributed by atoms with Crippen molar-refractivity contribution in [3.63, 3.8) is 0 Å². The highest BCUT2D eigenvalue weighted by molar-refractivity contribution is 5.79. The van der Waals surface area contributed by atoms with E-state index in [1.165, 1.54) is 12.1 Å². The average Bonchev–Trinajstić information content (AvgIpc) is 3.01. The van der Waals surface area contributed by atoms with E-state index in [-0.39, 0.29) is 5.69 Å². The van der Waals surface area contributed by atoms with Crippen molar-refractivity contribution in [2.75, 3.05) is 5.32 Å². The standard InChI is InChI=1S/C18H13N5O2/c24-23(25)14-9-7-13(8-10-14)17-18(20-15-5-1-3-11-19-15)22-12-4-2-6-16(22)21-17/h1-12H,(H,19,20). The zero-order valence-electron chi connectivity index (χ0n) is 13.0. The molecule has 4 rings (SSSR count). The van der Waals surface area contributed by atoms with E-state index < -0.39 is 4.92 Å². The average molecular weight is 331 g/mol. The summed E-state index contributed by atoms with van der Waals surface area (Å²) in [6.07, 6.45) is 3.61. The number of hydrogen-bond donors (Lipinski definition) is 1. The third kappa shape index (κ3) is 2.78. The first kappa shape index (κ1) is 14.8. The zero-order valence-corrected chi connectivity index (χ0v) is 13.0. The molecule has 0 unspecified atom stereocenters. The number of benzene rings is 1. The van der Waals surface area contributed by atoms with Crippen LogP contribution < -0.4 is 5.32 Å². The van der Waals surface area contributed by atoms with Gasteiger partial charge in [-0.2, -0.15) is 0 Å². The minimum atomic E-state index is -0.416. The number of nitro benzene ring substituents is 1. The quantitative estimate of drug-likeness (QED) is 0.450. The van der Waals surface area contributed by atoms with E-state index in [0.717, 1.165) is 17.0 Å². The maximum Gasteiger partial charge on any atom is 0.269 e. The molecule has 0 saturated heterocycles. The van der Waals surface area contributed by atoms with Gasteiger partial charge in [-0.3, -0.25) is 14.5 Å². The molecule has 0 bridgehead atoms. The van der Waals surface area contributed by atoms with Crippen LogP contribution in [0.4, 0.5) is 17.3 Å². The van der Waals surface area contributed by atoms with Crippen LogP contribution in [-0.4, -0.2) is 19.3 Å². The number of imidazole rings is 1. The lowest BCUT2D eigenvalue weighted by Crippen LogP contribution is -1.98. The zero-order chi connectivity index (χ0) is 17.2. The molecule has 0 saturated carbocycles. The van der Waals surface area contributed by atoms with Gasteiger partial charge in [-0.05, 0) is 36.4 Å². The first-order valence-electron chi connectivity index (χ1n) is 7.62. The number of nitrogens with zero attached hydrogens (tertiary/aromatic N) is 4. The molecule has 3 aromatic heterocycles. The third-order valence-corrected chi connectivity index (χ3v) is 3.79. The van der Waals surface area contributed by atoms with E-state index >= 15 is 0 Å². The van der Waals surface area contributed by atoms with Crippen LogP contribution in [0.3, 0.4) is 0 Å². The van der Waals surface area contributed by atoms with Gasteiger partial charge in [-0.15, -0.1) is 0 Å². The SMILES string of the molecule is O=[N+]([O-])c1ccc(-c2nc3ccccn3c2Nc2ccccn2)cc1. The van der Waals surface area contributed by atoms with Gasteiger partial charge in [0, 0.05) is 30.1 Å². The fourth-order valence-corrected chi connectivity index (χ4v) is 2.62. The molecule has 0 fully saturated rings. The Morgan fingerprint density at radius 1 is 1.00 bits per heavy atom. The van der Waals surface area contributed by atoms with Gasteiger partial charge >= 0.3 is 0 Å². The second-order valence-corrected chi connectivity index (χ2v) is 5.38. The van der Waals surface area contributed by atoms with Gasteiger partial charge in [0.1, 0.15) is 23.0 Å². The summed E-state index contributed by atoms with van der Waals surface area (Å²) in [5.41, 5.74) is 2.31. The number of aromatic nitrogens is 3. The van der Waals surface area contributed by atoms with Crippen molar-refractivity contribution < 1.29 is 4.92 Å². The van der Waals surface area contributed by atoms with Crippen molar-refractivity contribution >= 4 is 23.0 Å². The van der Waals surface area contributed by atoms with Crippen molar-refractivity contribution in [2.24, 2.45) is 0 Å². The van der Waals surface area contributed by atoms with E-state index in [2.05, 4.69) is 15.3 Å². The van der Waals surface area contributed by atoms with Crippen molar-refractivity contribution in [3.8, 4) is 11.3 Å². The number of nitrogens with one attached hydrogen (secondary N) is 1. The number of nitro groups is 1. The summed E-state index contributed by atoms with van der Waals surface area (Å²) in [6, 6.07) is 17.7. The lowest BCUT2D eigenvalue weighted by molar-refractivity contribution is -0.384. The van der Waals surface area contributed by atoms with Crippen LogP contribution in [0.1, 0.15) is 0 Å². The molecule has 7 heteroatoms. The molecule has 0 spiro atoms. The largest absolute Gasteiger partial charge is 0.324 e. The molecular formula is C18H13N5O2. The number of hydrogen-bond acceptors (Lipinski definition) is 5. The summed E-state index contributed by atoms with van der Waals surface area (Å²) in [5, 5.41) is 14.1. The van der Waals surface area contributed by atoms with Crippen LogP contribution >= 0.6 is 0 Å². The van der Waals surface area contributed by atoms with Gasteiger partial charge in [0.2, 0.25) is 0 Å². The van der Waals surface area contributed by atoms with E-state index in [4.69, 9.17) is 0 Å². The van der Waals surface area contributed by atoms with E-state index in [9.17, 15) is 10.1 Å². The van der Waals surface area contributed by atoms with Gasteiger partial charge in [-0.1, -0.05) is 12.1 Å². The number of anilines is 2. The number of pyridine rings is 2. The Morgan fingerprint density at radius 2 is 1.80 bits per heavy atom. The molecule has 122 valence electrons. The van der Waals surface area contributed by atoms with Crippen LogP contribution in [-0.2, 0) is 0 Å². The van der Waals surface area contributed by atoms with Crippen molar-refractivity contribution in [1.29, 1.82) is 0 Å². The lowest BCUT2D eigenvalue weighted by atomic mass is 10.1. The minimum Gasteiger partial charge on any atom is -0.324 e. The molecule has 1 aromatic carbocycles. The Morgan fingerprint density at radius 3 is 2.52 bits per heavy atom. The summed E-state index contributed by atoms with van der Waals surface area (Å²) >= 11 is 0. The molecule has 1 N–H and O–H groups in total. The maximum absolute atomic E-state index is 10.9. The first-order valence-corrected chi connectivity index (χ1v) is 7.62. The molecule has 0 amide bonds. The third-order valence-electron chi connectivity index (χ3n) is 3.79. The predicted octanol–water partition coefficient (Wildman–Crippen LogP) is 4.05. The van der Waals surface area contributed by atoms with Crippen LogP contribution in [0.25, 0.3) is 16.9 Å². The topological polar surface area (TPSA) is 85.4 Å². The predicted molar refractivity (Wildman–Crippen MR) is 94.8 cm³/mol. The highest BCUT2D eigenvalue weighted by Gasteiger charge is 2.15. The Balaban J connectivity index is 1.85. The molecule has 0 radical (unpaired) electrons. The van der Waals surface area contributed by atoms with Crippen LogP contribution in [0.15, 0.2) is 73.1 Å². The normalized spacial score (nSPS) is 10.7. The van der Waals surface area contributed by atoms with E-state index in [1.54, 1.807) is 18.3 Å². The summed E-state index contributed by atoms with van der Waals surface area (Å²) in [5.74, 6) is 1.44. The van der Waals surface area contributed by atoms with Crippen LogP contribution in [0.2, 0.25) is 0 Å². The minimum absolute atomic E-state index is 0.0479. The second-order valence-electron chi connectivity index (χ2n) is 5.38. The first-order chi connectivity index (χ1) is 12.2. The Bertz CT molecular complexity index is 1040. The Hall–Kier alpha value is -3.74. The Kier molecular flexibility index (Phi) is 3.59. The maximum atomic E-state index is 10.9. The van der Waals surface area contributed by atoms with Gasteiger partial charge in [0.05, 0.1) is 4.92 Å². The Labute approximate surface area is 142 Å². The molecule has 0 atom stereocenters. The van der Waals surface area contributed by atoms with Crippen LogP contribution in [0.5, 0.6) is 0 Å². The molecular weight excluding hydrogens is 318 g/mol. The summed E-state index contributed by atoms with van der Waals surface area (Å²) < 4.78 is 1.92. The van der Waals surface area contributed by atoms with E-state index in [1.807, 2.05) is 47.0 Å². The summed E-state index contributed by atoms with van der Waals surface area (Å²) in [6.45, 7) is 0. The highest BCUT2D eigenvalue weighted by Crippen LogP contribution is 2.31. The number of rotatable bonds is 4. The van der Waals surface area contributed by atoms with Gasteiger partial charge in [0.25, 0.3) is 5.69 Å². The van der Waals surface area contributed by atoms with Gasteiger partial charge in [-0.25, -0.2) is 9.97 Å². The second kappa shape index (κ2) is 6.04. The highest BCUT2D eigenvalue weighted by atomic mass is 16.6. The fourth-order valence-electron chi connectivity index (χ4n) is 2.62. The molecule has 7 nitrogen and oxygen atoms in total. The van der Waals surface area contributed by atoms with Crippen LogP contribution in [0, 0.1) is 10.1 Å². The molecule has 0 aliphatic carbocycles. The van der Waals surface area contributed by atoms with Gasteiger partial charge in [0.15, 0.2) is 0 Å². The molecule has 4 aromatic rings. The monoisotopic (exact) mass is 331 g/mol. The smallest absolute Gasteiger partial charge is 0.269 e. The fraction of sp³-hybridized carbons (Fsp3) is 0. The molecule has 3 heterocycles. The van der Waals surface area contributed by atoms with Crippen molar-refractivity contribution in [1.82, 2.24) is 14.4 Å².